The molecule has 2 heterocycles. The van der Waals surface area contributed by atoms with Crippen molar-refractivity contribution in [1.82, 2.24) is 10.3 Å². The van der Waals surface area contributed by atoms with E-state index in [1.165, 1.54) is 0 Å². The quantitative estimate of drug-likeness (QED) is 0.918. The summed E-state index contributed by atoms with van der Waals surface area (Å²) in [5.41, 5.74) is 1.67. The molecule has 1 aromatic carbocycles. The van der Waals surface area contributed by atoms with Crippen LogP contribution in [0.4, 0.5) is 0 Å². The van der Waals surface area contributed by atoms with Crippen molar-refractivity contribution in [3.8, 4) is 11.5 Å². The van der Waals surface area contributed by atoms with E-state index < -0.39 is 0 Å². The average molecular weight is 353 g/mol. The van der Waals surface area contributed by atoms with Gasteiger partial charge in [-0.05, 0) is 24.6 Å². The summed E-state index contributed by atoms with van der Waals surface area (Å²) in [5, 5.41) is 6.24. The van der Waals surface area contributed by atoms with Crippen LogP contribution in [0.25, 0.3) is 0 Å². The van der Waals surface area contributed by atoms with Gasteiger partial charge in [-0.25, -0.2) is 4.98 Å². The number of rotatable bonds is 4. The van der Waals surface area contributed by atoms with E-state index in [9.17, 15) is 4.79 Å². The molecule has 1 aliphatic rings. The van der Waals surface area contributed by atoms with Gasteiger partial charge in [-0.2, -0.15) is 0 Å². The van der Waals surface area contributed by atoms with Gasteiger partial charge in [0.1, 0.15) is 0 Å². The molecule has 0 unspecified atom stereocenters. The highest BCUT2D eigenvalue weighted by molar-refractivity contribution is 7.09. The van der Waals surface area contributed by atoms with Crippen molar-refractivity contribution in [2.75, 3.05) is 13.2 Å². The lowest BCUT2D eigenvalue weighted by atomic mass is 10.2. The van der Waals surface area contributed by atoms with Crippen LogP contribution in [0.2, 0.25) is 5.02 Å². The second-order valence-corrected chi connectivity index (χ2v) is 6.74. The molecule has 0 aliphatic carbocycles. The smallest absolute Gasteiger partial charge is 0.226 e. The third-order valence-electron chi connectivity index (χ3n) is 3.36. The fourth-order valence-corrected chi connectivity index (χ4v) is 3.20. The van der Waals surface area contributed by atoms with Gasteiger partial charge in [0.25, 0.3) is 0 Å². The van der Waals surface area contributed by atoms with Crippen molar-refractivity contribution >= 4 is 28.8 Å². The maximum absolute atomic E-state index is 12.0. The highest BCUT2D eigenvalue weighted by atomic mass is 35.5. The number of benzene rings is 1. The van der Waals surface area contributed by atoms with Crippen LogP contribution in [0, 0.1) is 6.92 Å². The Morgan fingerprint density at radius 1 is 1.39 bits per heavy atom. The molecular weight excluding hydrogens is 336 g/mol. The number of hydrogen-bond acceptors (Lipinski definition) is 5. The molecule has 1 amide bonds. The highest BCUT2D eigenvalue weighted by Crippen LogP contribution is 2.37. The number of fused-ring (bicyclic) bond motifs is 1. The Bertz CT molecular complexity index is 717. The number of amides is 1. The second kappa shape index (κ2) is 7.19. The van der Waals surface area contributed by atoms with Crippen molar-refractivity contribution < 1.29 is 14.3 Å². The minimum atomic E-state index is -0.0708. The lowest BCUT2D eigenvalue weighted by Gasteiger charge is -2.12. The summed E-state index contributed by atoms with van der Waals surface area (Å²) in [7, 11) is 0. The van der Waals surface area contributed by atoms with E-state index in [1.54, 1.807) is 17.4 Å². The second-order valence-electron chi connectivity index (χ2n) is 5.27. The Labute approximate surface area is 143 Å². The predicted molar refractivity (Wildman–Crippen MR) is 89.5 cm³/mol. The van der Waals surface area contributed by atoms with Gasteiger partial charge >= 0.3 is 0 Å². The van der Waals surface area contributed by atoms with Crippen molar-refractivity contribution in [3.05, 3.63) is 38.8 Å². The lowest BCUT2D eigenvalue weighted by molar-refractivity contribution is -0.120. The molecule has 0 fully saturated rings. The van der Waals surface area contributed by atoms with Crippen LogP contribution in [0.1, 0.15) is 22.7 Å². The van der Waals surface area contributed by atoms with E-state index in [-0.39, 0.29) is 12.3 Å². The van der Waals surface area contributed by atoms with Gasteiger partial charge < -0.3 is 14.8 Å². The summed E-state index contributed by atoms with van der Waals surface area (Å²) in [5.74, 6) is 1.14. The Hall–Kier alpha value is -1.79. The maximum atomic E-state index is 12.0. The van der Waals surface area contributed by atoms with Gasteiger partial charge in [-0.3, -0.25) is 4.79 Å². The van der Waals surface area contributed by atoms with Gasteiger partial charge in [-0.15, -0.1) is 11.3 Å². The minimum absolute atomic E-state index is 0.0708. The third-order valence-corrected chi connectivity index (χ3v) is 4.46. The molecule has 1 aromatic heterocycles. The van der Waals surface area contributed by atoms with Crippen molar-refractivity contribution in [3.63, 3.8) is 0 Å². The first-order valence-corrected chi connectivity index (χ1v) is 8.63. The molecule has 1 aliphatic heterocycles. The van der Waals surface area contributed by atoms with Crippen molar-refractivity contribution in [1.29, 1.82) is 0 Å². The first kappa shape index (κ1) is 16.1. The first-order valence-electron chi connectivity index (χ1n) is 7.37. The molecule has 0 radical (unpaired) electrons. The monoisotopic (exact) mass is 352 g/mol. The summed E-state index contributed by atoms with van der Waals surface area (Å²) >= 11 is 7.78. The average Bonchev–Trinajstić information content (AvgIpc) is 2.78. The number of halogens is 1. The molecule has 23 heavy (non-hydrogen) atoms. The van der Waals surface area contributed by atoms with E-state index in [2.05, 4.69) is 10.3 Å². The summed E-state index contributed by atoms with van der Waals surface area (Å²) in [6.07, 6.45) is 1.10. The number of aryl methyl sites for hydroxylation is 1. The molecule has 0 atom stereocenters. The molecule has 3 rings (SSSR count). The normalized spacial score (nSPS) is 13.5. The van der Waals surface area contributed by atoms with Gasteiger partial charge in [0.05, 0.1) is 35.4 Å². The molecule has 2 aromatic rings. The van der Waals surface area contributed by atoms with Crippen LogP contribution in [0.3, 0.4) is 0 Å². The fourth-order valence-electron chi connectivity index (χ4n) is 2.30. The molecular formula is C16H17ClN2O3S. The largest absolute Gasteiger partial charge is 0.489 e. The highest BCUT2D eigenvalue weighted by Gasteiger charge is 2.16. The zero-order valence-corrected chi connectivity index (χ0v) is 14.3. The van der Waals surface area contributed by atoms with Gasteiger partial charge in [0.15, 0.2) is 11.5 Å². The molecule has 7 heteroatoms. The number of carbonyl (C=O) groups excluding carboxylic acids is 1. The summed E-state index contributed by atoms with van der Waals surface area (Å²) < 4.78 is 11.2. The molecule has 1 N–H and O–H groups in total. The molecule has 0 saturated heterocycles. The minimum Gasteiger partial charge on any atom is -0.489 e. The SMILES string of the molecule is Cc1nc(CC(=O)NCc2cc(Cl)c3c(c2)OCCCO3)cs1. The van der Waals surface area contributed by atoms with Gasteiger partial charge in [0.2, 0.25) is 5.91 Å². The van der Waals surface area contributed by atoms with E-state index in [0.29, 0.717) is 36.3 Å². The van der Waals surface area contributed by atoms with Gasteiger partial charge in [-0.1, -0.05) is 11.6 Å². The van der Waals surface area contributed by atoms with Gasteiger partial charge in [0, 0.05) is 18.3 Å². The zero-order chi connectivity index (χ0) is 16.2. The standard InChI is InChI=1S/C16H17ClN2O3S/c1-10-19-12(9-23-10)7-15(20)18-8-11-5-13(17)16-14(6-11)21-3-2-4-22-16/h5-6,9H,2-4,7-8H2,1H3,(H,18,20). The Morgan fingerprint density at radius 3 is 3.00 bits per heavy atom. The van der Waals surface area contributed by atoms with Crippen molar-refractivity contribution in [2.45, 2.75) is 26.3 Å². The summed E-state index contributed by atoms with van der Waals surface area (Å²) in [6, 6.07) is 3.65. The van der Waals surface area contributed by atoms with E-state index in [0.717, 1.165) is 22.7 Å². The van der Waals surface area contributed by atoms with Crippen LogP contribution < -0.4 is 14.8 Å². The topological polar surface area (TPSA) is 60.5 Å². The van der Waals surface area contributed by atoms with Crippen LogP contribution in [0.5, 0.6) is 11.5 Å². The predicted octanol–water partition coefficient (Wildman–Crippen LogP) is 3.13. The number of nitrogens with zero attached hydrogens (tertiary/aromatic N) is 1. The maximum Gasteiger partial charge on any atom is 0.226 e. The fraction of sp³-hybridized carbons (Fsp3) is 0.375. The number of ether oxygens (including phenoxy) is 2. The number of carbonyl (C=O) groups is 1. The van der Waals surface area contributed by atoms with Crippen LogP contribution in [0.15, 0.2) is 17.5 Å². The van der Waals surface area contributed by atoms with E-state index in [4.69, 9.17) is 21.1 Å². The number of thiazole rings is 1. The molecule has 5 nitrogen and oxygen atoms in total. The lowest BCUT2D eigenvalue weighted by Crippen LogP contribution is -2.24. The van der Waals surface area contributed by atoms with E-state index >= 15 is 0 Å². The first-order chi connectivity index (χ1) is 11.1. The third kappa shape index (κ3) is 4.14. The Kier molecular flexibility index (Phi) is 5.03. The Morgan fingerprint density at radius 2 is 2.22 bits per heavy atom. The molecule has 122 valence electrons. The summed E-state index contributed by atoms with van der Waals surface area (Å²) in [6.45, 7) is 3.50. The van der Waals surface area contributed by atoms with Crippen molar-refractivity contribution in [2.24, 2.45) is 0 Å². The zero-order valence-electron chi connectivity index (χ0n) is 12.7. The molecule has 0 bridgehead atoms. The number of aromatic nitrogens is 1. The van der Waals surface area contributed by atoms with Crippen LogP contribution in [-0.4, -0.2) is 24.1 Å². The molecule has 0 saturated carbocycles. The Balaban J connectivity index is 1.62. The number of hydrogen-bond donors (Lipinski definition) is 1. The molecule has 0 spiro atoms. The number of nitrogens with one attached hydrogen (secondary N) is 1. The summed E-state index contributed by atoms with van der Waals surface area (Å²) in [4.78, 5) is 16.3. The van der Waals surface area contributed by atoms with E-state index in [1.807, 2.05) is 18.4 Å². The van der Waals surface area contributed by atoms with Crippen LogP contribution in [-0.2, 0) is 17.8 Å². The van der Waals surface area contributed by atoms with Crippen LogP contribution >= 0.6 is 22.9 Å².